The van der Waals surface area contributed by atoms with Crippen LogP contribution in [0.3, 0.4) is 0 Å². The van der Waals surface area contributed by atoms with Gasteiger partial charge in [0, 0.05) is 50.5 Å². The number of hydrogen-bond donors (Lipinski definition) is 0. The van der Waals surface area contributed by atoms with Gasteiger partial charge in [-0.3, -0.25) is 4.79 Å². The molecule has 2 aromatic rings. The van der Waals surface area contributed by atoms with Gasteiger partial charge in [-0.1, -0.05) is 12.1 Å². The van der Waals surface area contributed by atoms with E-state index in [1.54, 1.807) is 18.3 Å². The predicted molar refractivity (Wildman–Crippen MR) is 93.0 cm³/mol. The Balaban J connectivity index is 2.00. The molecule has 1 amide bonds. The number of carbonyl (C=O) groups is 1. The molecule has 22 heavy (non-hydrogen) atoms. The highest BCUT2D eigenvalue weighted by Gasteiger charge is 2.09. The molecule has 1 heterocycles. The molecule has 0 spiro atoms. The normalized spacial score (nSPS) is 10.9. The van der Waals surface area contributed by atoms with Crippen molar-refractivity contribution in [2.24, 2.45) is 0 Å². The molecule has 1 aromatic carbocycles. The lowest BCUT2D eigenvalue weighted by molar-refractivity contribution is -0.126. The van der Waals surface area contributed by atoms with Gasteiger partial charge in [-0.2, -0.15) is 0 Å². The van der Waals surface area contributed by atoms with Crippen LogP contribution in [0.15, 0.2) is 41.9 Å². The largest absolute Gasteiger partial charge is 0.378 e. The van der Waals surface area contributed by atoms with Crippen LogP contribution >= 0.6 is 11.3 Å². The summed E-state index contributed by atoms with van der Waals surface area (Å²) in [4.78, 5) is 20.3. The van der Waals surface area contributed by atoms with Crippen LogP contribution in [0.1, 0.15) is 17.5 Å². The molecule has 0 atom stereocenters. The lowest BCUT2D eigenvalue weighted by Gasteiger charge is -2.20. The summed E-state index contributed by atoms with van der Waals surface area (Å²) in [5.74, 6) is 0.00869. The topological polar surface area (TPSA) is 36.4 Å². The molecule has 0 aliphatic heterocycles. The van der Waals surface area contributed by atoms with E-state index in [4.69, 9.17) is 0 Å². The highest BCUT2D eigenvalue weighted by Crippen LogP contribution is 2.14. The molecule has 1 aromatic heterocycles. The third kappa shape index (κ3) is 4.43. The van der Waals surface area contributed by atoms with Gasteiger partial charge >= 0.3 is 0 Å². The highest BCUT2D eigenvalue weighted by atomic mass is 32.1. The number of thiazole rings is 1. The zero-order valence-corrected chi connectivity index (χ0v) is 14.0. The number of amides is 1. The van der Waals surface area contributed by atoms with Gasteiger partial charge in [-0.15, -0.1) is 11.3 Å². The number of aromatic nitrogens is 1. The van der Waals surface area contributed by atoms with E-state index in [1.165, 1.54) is 11.3 Å². The molecule has 5 heteroatoms. The molecule has 0 saturated carbocycles. The molecule has 4 nitrogen and oxygen atoms in total. The van der Waals surface area contributed by atoms with Crippen LogP contribution in [-0.4, -0.2) is 36.4 Å². The summed E-state index contributed by atoms with van der Waals surface area (Å²) in [5.41, 5.74) is 2.28. The van der Waals surface area contributed by atoms with Crippen molar-refractivity contribution in [2.45, 2.75) is 13.5 Å². The van der Waals surface area contributed by atoms with Gasteiger partial charge in [0.25, 0.3) is 0 Å². The van der Waals surface area contributed by atoms with E-state index in [0.717, 1.165) is 16.3 Å². The van der Waals surface area contributed by atoms with Gasteiger partial charge in [0.1, 0.15) is 5.01 Å². The number of anilines is 1. The maximum atomic E-state index is 12.3. The first kappa shape index (κ1) is 16.2. The first-order valence-electron chi connectivity index (χ1n) is 7.23. The van der Waals surface area contributed by atoms with Crippen LogP contribution in [0.2, 0.25) is 0 Å². The van der Waals surface area contributed by atoms with E-state index in [9.17, 15) is 4.79 Å². The Kier molecular flexibility index (Phi) is 5.72. The Bertz CT molecular complexity index is 618. The first-order valence-corrected chi connectivity index (χ1v) is 8.11. The van der Waals surface area contributed by atoms with Crippen molar-refractivity contribution in [3.63, 3.8) is 0 Å². The van der Waals surface area contributed by atoms with Crippen molar-refractivity contribution in [3.8, 4) is 0 Å². The second kappa shape index (κ2) is 7.75. The van der Waals surface area contributed by atoms with Crippen molar-refractivity contribution >= 4 is 29.0 Å². The SMILES string of the molecule is CCN(Cc1ccc(N(C)C)cc1)C(=O)/C=C\c1nccs1. The van der Waals surface area contributed by atoms with Gasteiger partial charge in [0.2, 0.25) is 5.91 Å². The van der Waals surface area contributed by atoms with Crippen LogP contribution in [0.5, 0.6) is 0 Å². The smallest absolute Gasteiger partial charge is 0.246 e. The van der Waals surface area contributed by atoms with E-state index in [0.29, 0.717) is 13.1 Å². The maximum absolute atomic E-state index is 12.3. The Morgan fingerprint density at radius 3 is 2.55 bits per heavy atom. The van der Waals surface area contributed by atoms with Gasteiger partial charge in [0.15, 0.2) is 0 Å². The summed E-state index contributed by atoms with van der Waals surface area (Å²) >= 11 is 1.52. The van der Waals surface area contributed by atoms with E-state index in [1.807, 2.05) is 31.3 Å². The molecular formula is C17H21N3OS. The molecule has 0 radical (unpaired) electrons. The molecule has 0 unspecified atom stereocenters. The second-order valence-electron chi connectivity index (χ2n) is 5.12. The van der Waals surface area contributed by atoms with E-state index >= 15 is 0 Å². The van der Waals surface area contributed by atoms with E-state index in [-0.39, 0.29) is 5.91 Å². The summed E-state index contributed by atoms with van der Waals surface area (Å²) in [7, 11) is 4.03. The fourth-order valence-corrected chi connectivity index (χ4v) is 2.56. The average Bonchev–Trinajstić information content (AvgIpc) is 3.04. The Labute approximate surface area is 135 Å². The number of rotatable bonds is 6. The number of nitrogens with zero attached hydrogens (tertiary/aromatic N) is 3. The van der Waals surface area contributed by atoms with Gasteiger partial charge in [0.05, 0.1) is 0 Å². The van der Waals surface area contributed by atoms with Crippen LogP contribution in [0, 0.1) is 0 Å². The lowest BCUT2D eigenvalue weighted by atomic mass is 10.2. The molecule has 0 saturated heterocycles. The van der Waals surface area contributed by atoms with Crippen molar-refractivity contribution in [2.75, 3.05) is 25.5 Å². The summed E-state index contributed by atoms with van der Waals surface area (Å²) in [6, 6.07) is 8.27. The van der Waals surface area contributed by atoms with Gasteiger partial charge in [-0.25, -0.2) is 4.98 Å². The standard InChI is InChI=1S/C17H21N3OS/c1-4-20(17(21)10-9-16-18-11-12-22-16)13-14-5-7-15(8-6-14)19(2)3/h5-12H,4,13H2,1-3H3/b10-9-. The fraction of sp³-hybridized carbons (Fsp3) is 0.294. The van der Waals surface area contributed by atoms with Crippen LogP contribution in [0.4, 0.5) is 5.69 Å². The summed E-state index contributed by atoms with van der Waals surface area (Å²) in [6.45, 7) is 3.28. The van der Waals surface area contributed by atoms with Crippen molar-refractivity contribution in [3.05, 3.63) is 52.5 Å². The summed E-state index contributed by atoms with van der Waals surface area (Å²) in [6.07, 6.45) is 5.10. The maximum Gasteiger partial charge on any atom is 0.246 e. The zero-order chi connectivity index (χ0) is 15.9. The van der Waals surface area contributed by atoms with Crippen LogP contribution < -0.4 is 4.90 Å². The molecule has 0 bridgehead atoms. The molecule has 0 N–H and O–H groups in total. The Hall–Kier alpha value is -2.14. The van der Waals surface area contributed by atoms with E-state index in [2.05, 4.69) is 34.1 Å². The average molecular weight is 315 g/mol. The van der Waals surface area contributed by atoms with Crippen LogP contribution in [0.25, 0.3) is 6.08 Å². The quantitative estimate of drug-likeness (QED) is 0.768. The predicted octanol–water partition coefficient (Wildman–Crippen LogP) is 3.27. The Morgan fingerprint density at radius 2 is 2.00 bits per heavy atom. The zero-order valence-electron chi connectivity index (χ0n) is 13.2. The molecule has 116 valence electrons. The van der Waals surface area contributed by atoms with Gasteiger partial charge in [-0.05, 0) is 30.7 Å². The molecule has 0 aliphatic carbocycles. The summed E-state index contributed by atoms with van der Waals surface area (Å²) in [5, 5.41) is 2.74. The number of carbonyl (C=O) groups excluding carboxylic acids is 1. The van der Waals surface area contributed by atoms with Crippen molar-refractivity contribution in [1.29, 1.82) is 0 Å². The van der Waals surface area contributed by atoms with E-state index < -0.39 is 0 Å². The lowest BCUT2D eigenvalue weighted by Crippen LogP contribution is -2.28. The molecule has 2 rings (SSSR count). The second-order valence-corrected chi connectivity index (χ2v) is 6.04. The van der Waals surface area contributed by atoms with Crippen molar-refractivity contribution in [1.82, 2.24) is 9.88 Å². The fourth-order valence-electron chi connectivity index (χ4n) is 2.03. The minimum absolute atomic E-state index is 0.00869. The van der Waals surface area contributed by atoms with Gasteiger partial charge < -0.3 is 9.80 Å². The molecular weight excluding hydrogens is 294 g/mol. The minimum Gasteiger partial charge on any atom is -0.378 e. The third-order valence-electron chi connectivity index (χ3n) is 3.34. The molecule has 0 aliphatic rings. The molecule has 0 fully saturated rings. The number of hydrogen-bond acceptors (Lipinski definition) is 4. The Morgan fingerprint density at radius 1 is 1.27 bits per heavy atom. The highest BCUT2D eigenvalue weighted by molar-refractivity contribution is 7.10. The number of likely N-dealkylation sites (N-methyl/N-ethyl adjacent to an activating group) is 1. The monoisotopic (exact) mass is 315 g/mol. The van der Waals surface area contributed by atoms with Crippen molar-refractivity contribution < 1.29 is 4.79 Å². The minimum atomic E-state index is 0.00869. The number of benzene rings is 1. The first-order chi connectivity index (χ1) is 10.6. The summed E-state index contributed by atoms with van der Waals surface area (Å²) < 4.78 is 0. The third-order valence-corrected chi connectivity index (χ3v) is 4.08. The van der Waals surface area contributed by atoms with Crippen LogP contribution in [-0.2, 0) is 11.3 Å².